The van der Waals surface area contributed by atoms with E-state index in [-0.39, 0.29) is 11.9 Å². The highest BCUT2D eigenvalue weighted by Gasteiger charge is 2.30. The molecule has 36 heavy (non-hydrogen) atoms. The lowest BCUT2D eigenvalue weighted by Gasteiger charge is -2.33. The minimum atomic E-state index is -4.43. The number of halogens is 4. The number of nitrogens with one attached hydrogen (secondary N) is 1. The van der Waals surface area contributed by atoms with Gasteiger partial charge in [-0.2, -0.15) is 13.2 Å². The molecule has 0 saturated carbocycles. The van der Waals surface area contributed by atoms with Gasteiger partial charge in [-0.05, 0) is 37.5 Å². The first-order chi connectivity index (χ1) is 17.2. The number of carbonyl (C=O) groups is 1. The first kappa shape index (κ1) is 25.8. The number of rotatable bonds is 6. The molecule has 1 amide bonds. The first-order valence-corrected chi connectivity index (χ1v) is 12.0. The SMILES string of the molecule is CC[C@H](N)C(=O)NC1CCN(c2cnc(-c3ccc(C(F)(F)F)cc3)c(-c3ccncc3Cl)n2)CC1. The molecule has 0 spiro atoms. The van der Waals surface area contributed by atoms with Crippen molar-refractivity contribution in [2.24, 2.45) is 5.73 Å². The van der Waals surface area contributed by atoms with Crippen molar-refractivity contribution >= 4 is 23.3 Å². The monoisotopic (exact) mass is 518 g/mol. The predicted octanol–water partition coefficient (Wildman–Crippen LogP) is 4.70. The zero-order chi connectivity index (χ0) is 25.9. The number of nitrogens with zero attached hydrogens (tertiary/aromatic N) is 4. The summed E-state index contributed by atoms with van der Waals surface area (Å²) in [6.45, 7) is 3.15. The third-order valence-corrected chi connectivity index (χ3v) is 6.52. The van der Waals surface area contributed by atoms with Crippen molar-refractivity contribution in [3.63, 3.8) is 0 Å². The topological polar surface area (TPSA) is 97.0 Å². The Kier molecular flexibility index (Phi) is 7.75. The fraction of sp³-hybridized carbons (Fsp3) is 0.360. The Morgan fingerprint density at radius 3 is 2.47 bits per heavy atom. The van der Waals surface area contributed by atoms with Crippen LogP contribution in [0.4, 0.5) is 19.0 Å². The van der Waals surface area contributed by atoms with Gasteiger partial charge in [-0.3, -0.25) is 14.8 Å². The minimum Gasteiger partial charge on any atom is -0.355 e. The maximum atomic E-state index is 13.0. The maximum absolute atomic E-state index is 13.0. The van der Waals surface area contributed by atoms with E-state index < -0.39 is 17.8 Å². The molecular formula is C25H26ClF3N6O. The second kappa shape index (κ2) is 10.8. The average molecular weight is 519 g/mol. The highest BCUT2D eigenvalue weighted by atomic mass is 35.5. The van der Waals surface area contributed by atoms with Crippen molar-refractivity contribution in [2.75, 3.05) is 18.0 Å². The molecule has 1 saturated heterocycles. The molecule has 1 aliphatic heterocycles. The van der Waals surface area contributed by atoms with E-state index in [9.17, 15) is 18.0 Å². The fourth-order valence-corrected chi connectivity index (χ4v) is 4.27. The van der Waals surface area contributed by atoms with Crippen LogP contribution in [-0.2, 0) is 11.0 Å². The lowest BCUT2D eigenvalue weighted by atomic mass is 10.0. The molecule has 0 radical (unpaired) electrons. The van der Waals surface area contributed by atoms with Gasteiger partial charge in [-0.15, -0.1) is 0 Å². The Hall–Kier alpha value is -3.24. The van der Waals surface area contributed by atoms with Gasteiger partial charge in [0, 0.05) is 42.7 Å². The molecular weight excluding hydrogens is 493 g/mol. The van der Waals surface area contributed by atoms with Crippen LogP contribution in [0.3, 0.4) is 0 Å². The van der Waals surface area contributed by atoms with Crippen LogP contribution in [0.15, 0.2) is 48.9 Å². The standard InChI is InChI=1S/C25H26ClF3N6O/c1-2-20(30)24(36)33-17-8-11-35(12-9-17)21-14-32-22(15-3-5-16(6-4-15)25(27,28)29)23(34-21)18-7-10-31-13-19(18)26/h3-7,10,13-14,17,20H,2,8-9,11-12,30H2,1H3,(H,33,36)/t20-/m0/s1. The lowest BCUT2D eigenvalue weighted by molar-refractivity contribution is -0.137. The van der Waals surface area contributed by atoms with Gasteiger partial charge < -0.3 is 16.0 Å². The van der Waals surface area contributed by atoms with E-state index >= 15 is 0 Å². The van der Waals surface area contributed by atoms with Crippen LogP contribution in [0.25, 0.3) is 22.5 Å². The number of piperidine rings is 1. The van der Waals surface area contributed by atoms with Crippen molar-refractivity contribution in [1.29, 1.82) is 0 Å². The van der Waals surface area contributed by atoms with Gasteiger partial charge >= 0.3 is 6.18 Å². The van der Waals surface area contributed by atoms with Crippen LogP contribution < -0.4 is 16.0 Å². The van der Waals surface area contributed by atoms with E-state index in [0.29, 0.717) is 52.9 Å². The number of nitrogens with two attached hydrogens (primary N) is 1. The molecule has 3 N–H and O–H groups in total. The largest absolute Gasteiger partial charge is 0.416 e. The highest BCUT2D eigenvalue weighted by Crippen LogP contribution is 2.36. The summed E-state index contributed by atoms with van der Waals surface area (Å²) < 4.78 is 39.1. The van der Waals surface area contributed by atoms with Crippen molar-refractivity contribution < 1.29 is 18.0 Å². The molecule has 190 valence electrons. The highest BCUT2D eigenvalue weighted by molar-refractivity contribution is 6.33. The van der Waals surface area contributed by atoms with Gasteiger partial charge in [0.05, 0.1) is 28.5 Å². The number of benzene rings is 1. The van der Waals surface area contributed by atoms with Crippen molar-refractivity contribution in [2.45, 2.75) is 44.4 Å². The Morgan fingerprint density at radius 2 is 1.86 bits per heavy atom. The lowest BCUT2D eigenvalue weighted by Crippen LogP contribution is -2.49. The van der Waals surface area contributed by atoms with Crippen molar-refractivity contribution in [3.8, 4) is 22.5 Å². The smallest absolute Gasteiger partial charge is 0.355 e. The van der Waals surface area contributed by atoms with E-state index in [2.05, 4.69) is 20.2 Å². The van der Waals surface area contributed by atoms with Gasteiger partial charge in [0.25, 0.3) is 0 Å². The van der Waals surface area contributed by atoms with E-state index in [1.54, 1.807) is 18.5 Å². The maximum Gasteiger partial charge on any atom is 0.416 e. The van der Waals surface area contributed by atoms with E-state index in [4.69, 9.17) is 22.3 Å². The minimum absolute atomic E-state index is 0.0276. The van der Waals surface area contributed by atoms with Crippen molar-refractivity contribution in [1.82, 2.24) is 20.3 Å². The third kappa shape index (κ3) is 5.76. The second-order valence-electron chi connectivity index (χ2n) is 8.64. The number of pyridine rings is 1. The fourth-order valence-electron chi connectivity index (χ4n) is 4.06. The summed E-state index contributed by atoms with van der Waals surface area (Å²) >= 11 is 6.40. The predicted molar refractivity (Wildman–Crippen MR) is 132 cm³/mol. The van der Waals surface area contributed by atoms with Crippen molar-refractivity contribution in [3.05, 3.63) is 59.5 Å². The molecule has 4 rings (SSSR count). The summed E-state index contributed by atoms with van der Waals surface area (Å²) in [5.41, 5.74) is 7.00. The van der Waals surface area contributed by atoms with Gasteiger partial charge in [-0.1, -0.05) is 30.7 Å². The Labute approximate surface area is 211 Å². The number of aromatic nitrogens is 3. The van der Waals surface area contributed by atoms with Crippen LogP contribution in [0.2, 0.25) is 5.02 Å². The molecule has 7 nitrogen and oxygen atoms in total. The molecule has 1 aromatic carbocycles. The first-order valence-electron chi connectivity index (χ1n) is 11.6. The van der Waals surface area contributed by atoms with Gasteiger partial charge in [0.1, 0.15) is 11.5 Å². The Balaban J connectivity index is 1.61. The summed E-state index contributed by atoms with van der Waals surface area (Å²) in [6, 6.07) is 6.00. The van der Waals surface area contributed by atoms with Crippen LogP contribution in [0.1, 0.15) is 31.7 Å². The molecule has 3 aromatic rings. The Bertz CT molecular complexity index is 1210. The molecule has 1 aliphatic rings. The average Bonchev–Trinajstić information content (AvgIpc) is 2.88. The van der Waals surface area contributed by atoms with Gasteiger partial charge in [-0.25, -0.2) is 4.98 Å². The number of alkyl halides is 3. The van der Waals surface area contributed by atoms with Crippen LogP contribution in [0.5, 0.6) is 0 Å². The number of hydrogen-bond donors (Lipinski definition) is 2. The molecule has 3 heterocycles. The van der Waals surface area contributed by atoms with Crippen LogP contribution in [-0.4, -0.2) is 46.0 Å². The molecule has 0 aliphatic carbocycles. The van der Waals surface area contributed by atoms with E-state index in [1.165, 1.54) is 18.3 Å². The molecule has 2 aromatic heterocycles. The van der Waals surface area contributed by atoms with Crippen LogP contribution >= 0.6 is 11.6 Å². The summed E-state index contributed by atoms with van der Waals surface area (Å²) in [4.78, 5) is 27.6. The summed E-state index contributed by atoms with van der Waals surface area (Å²) in [6.07, 6.45) is 2.24. The van der Waals surface area contributed by atoms with Gasteiger partial charge in [0.15, 0.2) is 0 Å². The normalized spacial score (nSPS) is 15.6. The number of amides is 1. The number of anilines is 1. The molecule has 11 heteroatoms. The summed E-state index contributed by atoms with van der Waals surface area (Å²) in [7, 11) is 0. The second-order valence-corrected chi connectivity index (χ2v) is 9.05. The molecule has 0 bridgehead atoms. The van der Waals surface area contributed by atoms with E-state index in [1.807, 2.05) is 6.92 Å². The number of carbonyl (C=O) groups excluding carboxylic acids is 1. The molecule has 0 unspecified atom stereocenters. The summed E-state index contributed by atoms with van der Waals surface area (Å²) in [5, 5.41) is 3.35. The summed E-state index contributed by atoms with van der Waals surface area (Å²) in [5.74, 6) is 0.467. The Morgan fingerprint density at radius 1 is 1.17 bits per heavy atom. The molecule has 1 atom stereocenters. The van der Waals surface area contributed by atoms with Gasteiger partial charge in [0.2, 0.25) is 5.91 Å². The quantitative estimate of drug-likeness (QED) is 0.491. The van der Waals surface area contributed by atoms with Crippen LogP contribution in [0, 0.1) is 0 Å². The zero-order valence-corrected chi connectivity index (χ0v) is 20.4. The molecule has 1 fully saturated rings. The number of hydrogen-bond acceptors (Lipinski definition) is 6. The van der Waals surface area contributed by atoms with E-state index in [0.717, 1.165) is 25.0 Å². The zero-order valence-electron chi connectivity index (χ0n) is 19.6. The third-order valence-electron chi connectivity index (χ3n) is 6.21.